The molecular formula is C32H30Cl2F6N2O3. The monoisotopic (exact) mass is 674 g/mol. The second kappa shape index (κ2) is 13.6. The molecule has 1 saturated heterocycles. The molecule has 0 N–H and O–H groups in total. The minimum Gasteiger partial charge on any atom is -0.497 e. The maximum atomic E-state index is 13.6. The molecule has 0 saturated carbocycles. The number of hydrogen-bond acceptors (Lipinski definition) is 4. The average molecular weight is 675 g/mol. The zero-order valence-corrected chi connectivity index (χ0v) is 26.0. The van der Waals surface area contributed by atoms with Crippen molar-refractivity contribution in [2.24, 2.45) is 0 Å². The van der Waals surface area contributed by atoms with Gasteiger partial charge in [-0.15, -0.1) is 0 Å². The number of carbonyl (C=O) groups is 2. The number of ether oxygens (including phenoxy) is 1. The van der Waals surface area contributed by atoms with Crippen LogP contribution in [-0.2, 0) is 12.4 Å². The molecule has 13 heteroatoms. The minimum absolute atomic E-state index is 0.0154. The molecule has 0 radical (unpaired) electrons. The molecule has 1 aliphatic rings. The third-order valence-electron chi connectivity index (χ3n) is 8.14. The fourth-order valence-electron chi connectivity index (χ4n) is 5.77. The summed E-state index contributed by atoms with van der Waals surface area (Å²) in [6.07, 6.45) is -9.48. The number of Topliss-reactive ketones (excluding diaryl/α,β-unsaturated/α-hetero) is 1. The van der Waals surface area contributed by atoms with E-state index >= 15 is 0 Å². The normalized spacial score (nSPS) is 18.4. The van der Waals surface area contributed by atoms with Gasteiger partial charge in [-0.25, -0.2) is 0 Å². The molecule has 0 aliphatic carbocycles. The van der Waals surface area contributed by atoms with Crippen molar-refractivity contribution < 1.29 is 40.7 Å². The summed E-state index contributed by atoms with van der Waals surface area (Å²) in [5, 5.41) is 0.506. The summed E-state index contributed by atoms with van der Waals surface area (Å²) in [4.78, 5) is 30.3. The van der Waals surface area contributed by atoms with E-state index in [9.17, 15) is 35.9 Å². The summed E-state index contributed by atoms with van der Waals surface area (Å²) >= 11 is 12.5. The van der Waals surface area contributed by atoms with E-state index < -0.39 is 53.0 Å². The van der Waals surface area contributed by atoms with Crippen LogP contribution >= 0.6 is 23.2 Å². The van der Waals surface area contributed by atoms with E-state index in [1.807, 2.05) is 11.8 Å². The summed E-state index contributed by atoms with van der Waals surface area (Å²) in [5.41, 5.74) is -2.77. The number of hydrogen-bond donors (Lipinski definition) is 0. The number of halogens is 8. The Labute approximate surface area is 266 Å². The molecule has 0 bridgehead atoms. The first-order valence-corrected chi connectivity index (χ1v) is 14.7. The number of carbonyl (C=O) groups excluding carboxylic acids is 2. The van der Waals surface area contributed by atoms with Crippen LogP contribution in [0.4, 0.5) is 26.3 Å². The van der Waals surface area contributed by atoms with Crippen LogP contribution in [-0.4, -0.2) is 60.8 Å². The van der Waals surface area contributed by atoms with Gasteiger partial charge in [-0.05, 0) is 73.0 Å². The van der Waals surface area contributed by atoms with Gasteiger partial charge >= 0.3 is 12.4 Å². The van der Waals surface area contributed by atoms with Gasteiger partial charge in [0.1, 0.15) is 5.75 Å². The molecule has 3 aromatic carbocycles. The Morgan fingerprint density at radius 2 is 1.51 bits per heavy atom. The third-order valence-corrected chi connectivity index (χ3v) is 8.88. The Morgan fingerprint density at radius 3 is 2.02 bits per heavy atom. The Balaban J connectivity index is 1.69. The van der Waals surface area contributed by atoms with Crippen molar-refractivity contribution in [3.63, 3.8) is 0 Å². The predicted molar refractivity (Wildman–Crippen MR) is 159 cm³/mol. The lowest BCUT2D eigenvalue weighted by Gasteiger charge is -2.45. The van der Waals surface area contributed by atoms with Gasteiger partial charge in [-0.1, -0.05) is 36.2 Å². The number of amides is 1. The Morgan fingerprint density at radius 1 is 0.911 bits per heavy atom. The number of nitrogens with zero attached hydrogens (tertiary/aromatic N) is 2. The van der Waals surface area contributed by atoms with E-state index in [0.29, 0.717) is 42.0 Å². The maximum Gasteiger partial charge on any atom is 0.416 e. The lowest BCUT2D eigenvalue weighted by Crippen LogP contribution is -2.54. The first-order valence-electron chi connectivity index (χ1n) is 14.0. The summed E-state index contributed by atoms with van der Waals surface area (Å²) in [6, 6.07) is 11.2. The van der Waals surface area contributed by atoms with E-state index in [-0.39, 0.29) is 34.9 Å². The predicted octanol–water partition coefficient (Wildman–Crippen LogP) is 8.63. The van der Waals surface area contributed by atoms with Crippen molar-refractivity contribution in [1.82, 2.24) is 9.80 Å². The smallest absolute Gasteiger partial charge is 0.416 e. The second-order valence-electron chi connectivity index (χ2n) is 10.9. The van der Waals surface area contributed by atoms with Crippen LogP contribution in [0, 0.1) is 0 Å². The van der Waals surface area contributed by atoms with Gasteiger partial charge < -0.3 is 9.64 Å². The number of likely N-dealkylation sites (tertiary alicyclic amines) is 1. The van der Waals surface area contributed by atoms with Gasteiger partial charge in [0.15, 0.2) is 5.78 Å². The molecular weight excluding hydrogens is 645 g/mol. The summed E-state index contributed by atoms with van der Waals surface area (Å²) < 4.78 is 86.4. The first kappa shape index (κ1) is 34.6. The highest BCUT2D eigenvalue weighted by Crippen LogP contribution is 2.39. The summed E-state index contributed by atoms with van der Waals surface area (Å²) in [6.45, 7) is 2.45. The van der Waals surface area contributed by atoms with Crippen LogP contribution in [0.1, 0.15) is 63.1 Å². The standard InChI is InChI=1S/C32H30Cl2F6N2O3/c1-4-27(29(43)18-5-8-23(45-3)9-6-18)42-12-11-28(24(17-42)19-7-10-25(33)26(34)15-19)41(2)30(44)20-13-21(31(35,36)37)16-22(14-20)32(38,39)40/h5-10,13-16,24,27-28H,4,11-12,17H2,1-3H3/t24-,27?,28+/m0/s1. The zero-order valence-electron chi connectivity index (χ0n) is 24.5. The maximum absolute atomic E-state index is 13.6. The number of methoxy groups -OCH3 is 1. The van der Waals surface area contributed by atoms with Crippen molar-refractivity contribution in [3.05, 3.63) is 98.5 Å². The Bertz CT molecular complexity index is 1510. The van der Waals surface area contributed by atoms with E-state index in [4.69, 9.17) is 27.9 Å². The second-order valence-corrected chi connectivity index (χ2v) is 11.7. The molecule has 45 heavy (non-hydrogen) atoms. The van der Waals surface area contributed by atoms with Crippen molar-refractivity contribution in [2.45, 2.75) is 50.1 Å². The number of rotatable bonds is 8. The lowest BCUT2D eigenvalue weighted by molar-refractivity contribution is -0.143. The molecule has 0 spiro atoms. The van der Waals surface area contributed by atoms with E-state index in [1.54, 1.807) is 42.5 Å². The van der Waals surface area contributed by atoms with Crippen LogP contribution in [0.25, 0.3) is 0 Å². The molecule has 242 valence electrons. The average Bonchev–Trinajstić information content (AvgIpc) is 3.01. The van der Waals surface area contributed by atoms with Crippen molar-refractivity contribution in [2.75, 3.05) is 27.2 Å². The molecule has 1 aliphatic heterocycles. The number of likely N-dealkylation sites (N-methyl/N-ethyl adjacent to an activating group) is 1. The molecule has 5 nitrogen and oxygen atoms in total. The SMILES string of the molecule is CCC(C(=O)c1ccc(OC)cc1)N1CC[C@@H](N(C)C(=O)c2cc(C(F)(F)F)cc(C(F)(F)F)c2)[C@H](c2ccc(Cl)c(Cl)c2)C1. The van der Waals surface area contributed by atoms with Crippen LogP contribution in [0.3, 0.4) is 0 Å². The van der Waals surface area contributed by atoms with Crippen LogP contribution < -0.4 is 4.74 Å². The molecule has 1 unspecified atom stereocenters. The van der Waals surface area contributed by atoms with Gasteiger partial charge in [0.25, 0.3) is 5.91 Å². The Hall–Kier alpha value is -3.28. The number of piperidine rings is 1. The van der Waals surface area contributed by atoms with Crippen LogP contribution in [0.5, 0.6) is 5.75 Å². The highest BCUT2D eigenvalue weighted by atomic mass is 35.5. The number of ketones is 1. The molecule has 1 heterocycles. The number of alkyl halides is 6. The van der Waals surface area contributed by atoms with Gasteiger partial charge in [0.05, 0.1) is 34.3 Å². The fourth-order valence-corrected chi connectivity index (χ4v) is 6.08. The van der Waals surface area contributed by atoms with Gasteiger partial charge in [-0.2, -0.15) is 26.3 Å². The van der Waals surface area contributed by atoms with Crippen molar-refractivity contribution in [3.8, 4) is 5.75 Å². The fraction of sp³-hybridized carbons (Fsp3) is 0.375. The van der Waals surface area contributed by atoms with Gasteiger partial charge in [0, 0.05) is 43.2 Å². The zero-order chi connectivity index (χ0) is 33.3. The van der Waals surface area contributed by atoms with Crippen LogP contribution in [0.2, 0.25) is 10.0 Å². The summed E-state index contributed by atoms with van der Waals surface area (Å²) in [5.74, 6) is -1.06. The lowest BCUT2D eigenvalue weighted by atomic mass is 9.83. The first-order chi connectivity index (χ1) is 21.0. The molecule has 1 amide bonds. The van der Waals surface area contributed by atoms with E-state index in [0.717, 1.165) is 0 Å². The largest absolute Gasteiger partial charge is 0.497 e. The Kier molecular flexibility index (Phi) is 10.5. The molecule has 4 rings (SSSR count). The van der Waals surface area contributed by atoms with E-state index in [2.05, 4.69) is 0 Å². The summed E-state index contributed by atoms with van der Waals surface area (Å²) in [7, 11) is 2.86. The van der Waals surface area contributed by atoms with Gasteiger partial charge in [0.2, 0.25) is 0 Å². The minimum atomic E-state index is -5.10. The topological polar surface area (TPSA) is 49.9 Å². The molecule has 1 fully saturated rings. The molecule has 3 atom stereocenters. The third kappa shape index (κ3) is 7.76. The number of benzene rings is 3. The van der Waals surface area contributed by atoms with Gasteiger partial charge in [-0.3, -0.25) is 14.5 Å². The quantitative estimate of drug-likeness (QED) is 0.177. The molecule has 0 aromatic heterocycles. The highest BCUT2D eigenvalue weighted by molar-refractivity contribution is 6.42. The highest BCUT2D eigenvalue weighted by Gasteiger charge is 2.41. The van der Waals surface area contributed by atoms with E-state index in [1.165, 1.54) is 19.1 Å². The van der Waals surface area contributed by atoms with Crippen molar-refractivity contribution in [1.29, 1.82) is 0 Å². The molecule has 3 aromatic rings. The van der Waals surface area contributed by atoms with Crippen molar-refractivity contribution >= 4 is 34.9 Å². The van der Waals surface area contributed by atoms with Crippen LogP contribution in [0.15, 0.2) is 60.7 Å².